The molecule has 0 saturated heterocycles. The standard InChI is InChI=1S/C17H18INO2/c1-2-21-12-14-9-7-13(8-10-14)11-19-17(20)15-5-3-4-6-16(15)18/h3-10H,2,11-12H2,1H3,(H,19,20). The first-order chi connectivity index (χ1) is 10.2. The van der Waals surface area contributed by atoms with Crippen LogP contribution in [0.25, 0.3) is 0 Å². The Morgan fingerprint density at radius 3 is 2.43 bits per heavy atom. The predicted molar refractivity (Wildman–Crippen MR) is 92.1 cm³/mol. The lowest BCUT2D eigenvalue weighted by atomic mass is 10.1. The van der Waals surface area contributed by atoms with Crippen molar-refractivity contribution in [3.63, 3.8) is 0 Å². The molecular weight excluding hydrogens is 377 g/mol. The largest absolute Gasteiger partial charge is 0.377 e. The fourth-order valence-electron chi connectivity index (χ4n) is 1.90. The first-order valence-electron chi connectivity index (χ1n) is 6.89. The van der Waals surface area contributed by atoms with Crippen LogP contribution >= 0.6 is 22.6 Å². The zero-order chi connectivity index (χ0) is 15.1. The number of halogens is 1. The van der Waals surface area contributed by atoms with E-state index in [1.54, 1.807) is 0 Å². The van der Waals surface area contributed by atoms with E-state index in [4.69, 9.17) is 4.74 Å². The molecule has 2 rings (SSSR count). The molecule has 2 aromatic rings. The van der Waals surface area contributed by atoms with Crippen LogP contribution in [0.15, 0.2) is 48.5 Å². The Labute approximate surface area is 138 Å². The lowest BCUT2D eigenvalue weighted by Gasteiger charge is -2.08. The Morgan fingerprint density at radius 2 is 1.76 bits per heavy atom. The quantitative estimate of drug-likeness (QED) is 0.757. The lowest BCUT2D eigenvalue weighted by Crippen LogP contribution is -2.23. The molecule has 1 amide bonds. The third-order valence-electron chi connectivity index (χ3n) is 3.07. The van der Waals surface area contributed by atoms with Crippen LogP contribution in [0.3, 0.4) is 0 Å². The summed E-state index contributed by atoms with van der Waals surface area (Å²) in [5, 5.41) is 2.94. The lowest BCUT2D eigenvalue weighted by molar-refractivity contribution is 0.0950. The van der Waals surface area contributed by atoms with Gasteiger partial charge in [0, 0.05) is 16.7 Å². The van der Waals surface area contributed by atoms with E-state index in [1.165, 1.54) is 0 Å². The number of amides is 1. The third kappa shape index (κ3) is 4.82. The van der Waals surface area contributed by atoms with Gasteiger partial charge in [-0.25, -0.2) is 0 Å². The van der Waals surface area contributed by atoms with Crippen LogP contribution in [0.2, 0.25) is 0 Å². The van der Waals surface area contributed by atoms with Gasteiger partial charge in [0.2, 0.25) is 0 Å². The first-order valence-corrected chi connectivity index (χ1v) is 7.97. The minimum Gasteiger partial charge on any atom is -0.377 e. The average molecular weight is 395 g/mol. The van der Waals surface area contributed by atoms with E-state index in [2.05, 4.69) is 27.9 Å². The summed E-state index contributed by atoms with van der Waals surface area (Å²) in [6.07, 6.45) is 0. The van der Waals surface area contributed by atoms with Gasteiger partial charge in [-0.3, -0.25) is 4.79 Å². The fourth-order valence-corrected chi connectivity index (χ4v) is 2.53. The van der Waals surface area contributed by atoms with Crippen LogP contribution in [0, 0.1) is 3.57 Å². The van der Waals surface area contributed by atoms with Crippen LogP contribution in [0.1, 0.15) is 28.4 Å². The number of ether oxygens (including phenoxy) is 1. The topological polar surface area (TPSA) is 38.3 Å². The maximum atomic E-state index is 12.1. The zero-order valence-electron chi connectivity index (χ0n) is 11.9. The molecule has 0 aliphatic rings. The summed E-state index contributed by atoms with van der Waals surface area (Å²) in [4.78, 5) is 12.1. The summed E-state index contributed by atoms with van der Waals surface area (Å²) in [6, 6.07) is 15.7. The van der Waals surface area contributed by atoms with Crippen LogP contribution in [-0.2, 0) is 17.9 Å². The Bertz CT molecular complexity index is 596. The Balaban J connectivity index is 1.91. The molecule has 0 radical (unpaired) electrons. The van der Waals surface area contributed by atoms with E-state index in [0.29, 0.717) is 25.3 Å². The smallest absolute Gasteiger partial charge is 0.252 e. The second-order valence-electron chi connectivity index (χ2n) is 4.62. The van der Waals surface area contributed by atoms with Gasteiger partial charge in [0.25, 0.3) is 5.91 Å². The van der Waals surface area contributed by atoms with Gasteiger partial charge in [-0.1, -0.05) is 36.4 Å². The average Bonchev–Trinajstić information content (AvgIpc) is 2.52. The van der Waals surface area contributed by atoms with E-state index >= 15 is 0 Å². The Hall–Kier alpha value is -1.40. The molecule has 3 nitrogen and oxygen atoms in total. The van der Waals surface area contributed by atoms with Gasteiger partial charge in [0.1, 0.15) is 0 Å². The summed E-state index contributed by atoms with van der Waals surface area (Å²) in [5.74, 6) is -0.0432. The van der Waals surface area contributed by atoms with Crippen LogP contribution in [0.4, 0.5) is 0 Å². The van der Waals surface area contributed by atoms with Crippen molar-refractivity contribution in [2.45, 2.75) is 20.1 Å². The molecule has 0 saturated carbocycles. The van der Waals surface area contributed by atoms with E-state index < -0.39 is 0 Å². The molecule has 1 N–H and O–H groups in total. The summed E-state index contributed by atoms with van der Waals surface area (Å²) >= 11 is 2.17. The summed E-state index contributed by atoms with van der Waals surface area (Å²) in [7, 11) is 0. The number of rotatable bonds is 6. The Kier molecular flexibility index (Phi) is 6.20. The number of hydrogen-bond donors (Lipinski definition) is 1. The molecular formula is C17H18INO2. The van der Waals surface area contributed by atoms with Gasteiger partial charge in [-0.2, -0.15) is 0 Å². The fraction of sp³-hybridized carbons (Fsp3) is 0.235. The van der Waals surface area contributed by atoms with Crippen molar-refractivity contribution in [2.24, 2.45) is 0 Å². The molecule has 0 spiro atoms. The van der Waals surface area contributed by atoms with Gasteiger partial charge < -0.3 is 10.1 Å². The van der Waals surface area contributed by atoms with E-state index in [0.717, 1.165) is 14.7 Å². The number of benzene rings is 2. The van der Waals surface area contributed by atoms with Crippen molar-refractivity contribution >= 4 is 28.5 Å². The monoisotopic (exact) mass is 395 g/mol. The number of carbonyl (C=O) groups excluding carboxylic acids is 1. The van der Waals surface area contributed by atoms with Gasteiger partial charge in [-0.05, 0) is 52.8 Å². The SMILES string of the molecule is CCOCc1ccc(CNC(=O)c2ccccc2I)cc1. The molecule has 21 heavy (non-hydrogen) atoms. The van der Waals surface area contributed by atoms with Crippen molar-refractivity contribution in [3.8, 4) is 0 Å². The predicted octanol–water partition coefficient (Wildman–Crippen LogP) is 3.76. The van der Waals surface area contributed by atoms with Gasteiger partial charge in [0.15, 0.2) is 0 Å². The van der Waals surface area contributed by atoms with Crippen molar-refractivity contribution in [3.05, 3.63) is 68.8 Å². The molecule has 110 valence electrons. The number of nitrogens with one attached hydrogen (secondary N) is 1. The molecule has 0 aliphatic heterocycles. The van der Waals surface area contributed by atoms with Crippen LogP contribution in [0.5, 0.6) is 0 Å². The second kappa shape index (κ2) is 8.14. The molecule has 0 heterocycles. The van der Waals surface area contributed by atoms with Gasteiger partial charge in [0.05, 0.1) is 12.2 Å². The highest BCUT2D eigenvalue weighted by Crippen LogP contribution is 2.11. The summed E-state index contributed by atoms with van der Waals surface area (Å²) in [5.41, 5.74) is 2.94. The van der Waals surface area contributed by atoms with E-state index in [1.807, 2.05) is 55.5 Å². The van der Waals surface area contributed by atoms with E-state index in [9.17, 15) is 4.79 Å². The first kappa shape index (κ1) is 16.0. The molecule has 4 heteroatoms. The Morgan fingerprint density at radius 1 is 1.10 bits per heavy atom. The molecule has 0 aromatic heterocycles. The summed E-state index contributed by atoms with van der Waals surface area (Å²) in [6.45, 7) is 3.85. The third-order valence-corrected chi connectivity index (χ3v) is 4.01. The van der Waals surface area contributed by atoms with Gasteiger partial charge in [-0.15, -0.1) is 0 Å². The molecule has 0 aliphatic carbocycles. The second-order valence-corrected chi connectivity index (χ2v) is 5.78. The highest BCUT2D eigenvalue weighted by molar-refractivity contribution is 14.1. The zero-order valence-corrected chi connectivity index (χ0v) is 14.1. The van der Waals surface area contributed by atoms with Crippen molar-refractivity contribution < 1.29 is 9.53 Å². The molecule has 2 aromatic carbocycles. The molecule has 0 unspecified atom stereocenters. The maximum Gasteiger partial charge on any atom is 0.252 e. The van der Waals surface area contributed by atoms with Gasteiger partial charge >= 0.3 is 0 Å². The minimum atomic E-state index is -0.0432. The van der Waals surface area contributed by atoms with Crippen molar-refractivity contribution in [1.29, 1.82) is 0 Å². The van der Waals surface area contributed by atoms with Crippen molar-refractivity contribution in [2.75, 3.05) is 6.61 Å². The summed E-state index contributed by atoms with van der Waals surface area (Å²) < 4.78 is 6.32. The highest BCUT2D eigenvalue weighted by Gasteiger charge is 2.08. The number of carbonyl (C=O) groups is 1. The highest BCUT2D eigenvalue weighted by atomic mass is 127. The number of hydrogen-bond acceptors (Lipinski definition) is 2. The van der Waals surface area contributed by atoms with Crippen LogP contribution < -0.4 is 5.32 Å². The molecule has 0 fully saturated rings. The van der Waals surface area contributed by atoms with Crippen molar-refractivity contribution in [1.82, 2.24) is 5.32 Å². The maximum absolute atomic E-state index is 12.1. The van der Waals surface area contributed by atoms with Crippen LogP contribution in [-0.4, -0.2) is 12.5 Å². The molecule has 0 bridgehead atoms. The molecule has 0 atom stereocenters. The normalized spacial score (nSPS) is 10.4. The van der Waals surface area contributed by atoms with E-state index in [-0.39, 0.29) is 5.91 Å². The minimum absolute atomic E-state index is 0.0432.